The Labute approximate surface area is 130 Å². The van der Waals surface area contributed by atoms with Crippen molar-refractivity contribution < 1.29 is 13.3 Å². The van der Waals surface area contributed by atoms with E-state index in [0.29, 0.717) is 11.1 Å². The Hall–Kier alpha value is -1.22. The van der Waals surface area contributed by atoms with Crippen molar-refractivity contribution in [3.8, 4) is 0 Å². The minimum Gasteiger partial charge on any atom is -0.329 e. The van der Waals surface area contributed by atoms with Gasteiger partial charge in [0.15, 0.2) is 4.90 Å². The van der Waals surface area contributed by atoms with Crippen molar-refractivity contribution in [1.82, 2.24) is 4.72 Å². The van der Waals surface area contributed by atoms with Crippen molar-refractivity contribution >= 4 is 28.1 Å². The summed E-state index contributed by atoms with van der Waals surface area (Å²) in [6.07, 6.45) is 0. The molecule has 0 bridgehead atoms. The number of hydrogen-bond acceptors (Lipinski definition) is 5. The van der Waals surface area contributed by atoms with Crippen LogP contribution in [0.5, 0.6) is 0 Å². The average Bonchev–Trinajstić information content (AvgIpc) is 2.29. The predicted octanol–water partition coefficient (Wildman–Crippen LogP) is 1.65. The van der Waals surface area contributed by atoms with Crippen LogP contribution in [0.15, 0.2) is 17.0 Å². The number of nitro groups is 1. The van der Waals surface area contributed by atoms with E-state index in [4.69, 9.17) is 5.73 Å². The van der Waals surface area contributed by atoms with Gasteiger partial charge in [0.2, 0.25) is 10.0 Å². The lowest BCUT2D eigenvalue weighted by Gasteiger charge is -2.24. The highest BCUT2D eigenvalue weighted by Gasteiger charge is 2.33. The zero-order valence-corrected chi connectivity index (χ0v) is 14.0. The summed E-state index contributed by atoms with van der Waals surface area (Å²) in [4.78, 5) is 10.2. The van der Waals surface area contributed by atoms with Gasteiger partial charge < -0.3 is 5.73 Å². The summed E-state index contributed by atoms with van der Waals surface area (Å²) >= 11 is 0. The Bertz CT molecular complexity index is 644. The van der Waals surface area contributed by atoms with Crippen LogP contribution in [0.1, 0.15) is 25.0 Å². The number of hydrogen-bond donors (Lipinski definition) is 2. The maximum Gasteiger partial charge on any atom is 0.292 e. The van der Waals surface area contributed by atoms with Gasteiger partial charge in [-0.15, -0.1) is 12.4 Å². The molecule has 3 N–H and O–H groups in total. The third-order valence-electron chi connectivity index (χ3n) is 2.90. The van der Waals surface area contributed by atoms with E-state index in [1.54, 1.807) is 19.9 Å². The maximum atomic E-state index is 12.4. The molecule has 0 aliphatic heterocycles. The molecule has 0 radical (unpaired) electrons. The molecule has 1 aromatic carbocycles. The van der Waals surface area contributed by atoms with E-state index in [9.17, 15) is 18.5 Å². The second-order valence-corrected chi connectivity index (χ2v) is 6.95. The van der Waals surface area contributed by atoms with Gasteiger partial charge in [0.25, 0.3) is 5.69 Å². The van der Waals surface area contributed by atoms with Gasteiger partial charge in [0.05, 0.1) is 4.92 Å². The normalized spacial score (nSPS) is 11.9. The van der Waals surface area contributed by atoms with Gasteiger partial charge in [0, 0.05) is 17.6 Å². The van der Waals surface area contributed by atoms with Crippen molar-refractivity contribution in [2.45, 2.75) is 38.1 Å². The monoisotopic (exact) mass is 337 g/mol. The Kier molecular flexibility index (Phi) is 6.31. The largest absolute Gasteiger partial charge is 0.329 e. The van der Waals surface area contributed by atoms with Crippen molar-refractivity contribution in [2.24, 2.45) is 5.73 Å². The molecular formula is C12H20ClN3O4S. The lowest BCUT2D eigenvalue weighted by molar-refractivity contribution is -0.388. The predicted molar refractivity (Wildman–Crippen MR) is 83.3 cm³/mol. The molecule has 0 heterocycles. The van der Waals surface area contributed by atoms with Crippen LogP contribution in [0, 0.1) is 24.0 Å². The highest BCUT2D eigenvalue weighted by molar-refractivity contribution is 7.89. The van der Waals surface area contributed by atoms with Gasteiger partial charge in [-0.3, -0.25) is 10.1 Å². The van der Waals surface area contributed by atoms with Crippen LogP contribution in [-0.4, -0.2) is 25.4 Å². The quantitative estimate of drug-likeness (QED) is 0.626. The topological polar surface area (TPSA) is 115 Å². The van der Waals surface area contributed by atoms with Crippen LogP contribution >= 0.6 is 12.4 Å². The third-order valence-corrected chi connectivity index (χ3v) is 4.78. The van der Waals surface area contributed by atoms with Crippen molar-refractivity contribution in [2.75, 3.05) is 6.54 Å². The third kappa shape index (κ3) is 4.37. The Morgan fingerprint density at radius 1 is 1.29 bits per heavy atom. The molecule has 1 rings (SSSR count). The molecule has 0 saturated carbocycles. The molecule has 0 aliphatic rings. The van der Waals surface area contributed by atoms with E-state index in [-0.39, 0.29) is 23.8 Å². The highest BCUT2D eigenvalue weighted by Crippen LogP contribution is 2.31. The molecule has 0 spiro atoms. The molecular weight excluding hydrogens is 318 g/mol. The lowest BCUT2D eigenvalue weighted by atomic mass is 10.1. The molecule has 0 fully saturated rings. The van der Waals surface area contributed by atoms with E-state index in [1.165, 1.54) is 19.9 Å². The van der Waals surface area contributed by atoms with Crippen LogP contribution < -0.4 is 10.5 Å². The fourth-order valence-corrected chi connectivity index (χ4v) is 3.69. The Balaban J connectivity index is 0.00000400. The number of aryl methyl sites for hydroxylation is 2. The SMILES string of the molecule is Cc1ccc(C)c(S(=O)(=O)NC(C)(C)CN)c1[N+](=O)[O-].Cl. The molecule has 9 heteroatoms. The zero-order valence-electron chi connectivity index (χ0n) is 12.3. The summed E-state index contributed by atoms with van der Waals surface area (Å²) in [6.45, 7) is 6.33. The lowest BCUT2D eigenvalue weighted by Crippen LogP contribution is -2.48. The van der Waals surface area contributed by atoms with Gasteiger partial charge in [-0.05, 0) is 33.3 Å². The summed E-state index contributed by atoms with van der Waals surface area (Å²) in [5.41, 5.74) is 4.83. The summed E-state index contributed by atoms with van der Waals surface area (Å²) in [7, 11) is -4.03. The molecule has 7 nitrogen and oxygen atoms in total. The molecule has 1 aromatic rings. The molecule has 0 amide bonds. The number of nitrogens with zero attached hydrogens (tertiary/aromatic N) is 1. The molecule has 0 atom stereocenters. The number of rotatable bonds is 5. The van der Waals surface area contributed by atoms with E-state index >= 15 is 0 Å². The summed E-state index contributed by atoms with van der Waals surface area (Å²) in [5.74, 6) is 0. The smallest absolute Gasteiger partial charge is 0.292 e. The van der Waals surface area contributed by atoms with E-state index in [2.05, 4.69) is 4.72 Å². The number of nitrogens with one attached hydrogen (secondary N) is 1. The van der Waals surface area contributed by atoms with Crippen molar-refractivity contribution in [1.29, 1.82) is 0 Å². The molecule has 0 aromatic heterocycles. The number of sulfonamides is 1. The zero-order chi connectivity index (χ0) is 15.7. The van der Waals surface area contributed by atoms with Crippen molar-refractivity contribution in [3.05, 3.63) is 33.4 Å². The first-order valence-electron chi connectivity index (χ1n) is 6.00. The van der Waals surface area contributed by atoms with Crippen LogP contribution in [0.25, 0.3) is 0 Å². The minimum absolute atomic E-state index is 0. The minimum atomic E-state index is -4.03. The number of halogens is 1. The number of benzene rings is 1. The highest BCUT2D eigenvalue weighted by atomic mass is 35.5. The first kappa shape index (κ1) is 19.8. The molecule has 0 aliphatic carbocycles. The van der Waals surface area contributed by atoms with Gasteiger partial charge in [-0.2, -0.15) is 0 Å². The fraction of sp³-hybridized carbons (Fsp3) is 0.500. The van der Waals surface area contributed by atoms with Crippen LogP contribution in [0.3, 0.4) is 0 Å². The van der Waals surface area contributed by atoms with Crippen LogP contribution in [-0.2, 0) is 10.0 Å². The van der Waals surface area contributed by atoms with E-state index < -0.39 is 26.2 Å². The first-order chi connectivity index (χ1) is 9.02. The van der Waals surface area contributed by atoms with Gasteiger partial charge >= 0.3 is 0 Å². The summed E-state index contributed by atoms with van der Waals surface area (Å²) in [6, 6.07) is 3.08. The fourth-order valence-electron chi connectivity index (χ4n) is 1.79. The van der Waals surface area contributed by atoms with Crippen LogP contribution in [0.2, 0.25) is 0 Å². The average molecular weight is 338 g/mol. The van der Waals surface area contributed by atoms with Gasteiger partial charge in [-0.25, -0.2) is 13.1 Å². The molecule has 21 heavy (non-hydrogen) atoms. The Morgan fingerprint density at radius 3 is 2.19 bits per heavy atom. The molecule has 120 valence electrons. The van der Waals surface area contributed by atoms with E-state index in [0.717, 1.165) is 0 Å². The second-order valence-electron chi connectivity index (χ2n) is 5.33. The number of nitro benzene ring substituents is 1. The van der Waals surface area contributed by atoms with Crippen LogP contribution in [0.4, 0.5) is 5.69 Å². The van der Waals surface area contributed by atoms with Gasteiger partial charge in [-0.1, -0.05) is 12.1 Å². The van der Waals surface area contributed by atoms with Gasteiger partial charge in [0.1, 0.15) is 0 Å². The summed E-state index contributed by atoms with van der Waals surface area (Å²) < 4.78 is 27.3. The van der Waals surface area contributed by atoms with Crippen molar-refractivity contribution in [3.63, 3.8) is 0 Å². The summed E-state index contributed by atoms with van der Waals surface area (Å²) in [5, 5.41) is 11.2. The maximum absolute atomic E-state index is 12.4. The standard InChI is InChI=1S/C12H19N3O4S.ClH/c1-8-5-6-9(2)11(10(8)15(16)17)20(18,19)14-12(3,4)7-13;/h5-6,14H,7,13H2,1-4H3;1H. The first-order valence-corrected chi connectivity index (χ1v) is 7.49. The Morgan fingerprint density at radius 2 is 1.76 bits per heavy atom. The number of nitrogens with two attached hydrogens (primary N) is 1. The molecule has 0 saturated heterocycles. The van der Waals surface area contributed by atoms with E-state index in [1.807, 2.05) is 0 Å². The molecule has 0 unspecified atom stereocenters. The second kappa shape index (κ2) is 6.69.